The number of aryl methyl sites for hydroxylation is 1. The summed E-state index contributed by atoms with van der Waals surface area (Å²) in [6.45, 7) is 5.56. The minimum atomic E-state index is 0.208. The van der Waals surface area contributed by atoms with Crippen molar-refractivity contribution in [2.75, 3.05) is 18.8 Å². The molecule has 0 saturated carbocycles. The van der Waals surface area contributed by atoms with Gasteiger partial charge in [0.15, 0.2) is 5.16 Å². The first-order valence-corrected chi connectivity index (χ1v) is 6.42. The Balaban J connectivity index is 2.30. The van der Waals surface area contributed by atoms with Crippen LogP contribution >= 0.6 is 11.8 Å². The monoisotopic (exact) mass is 242 g/mol. The van der Waals surface area contributed by atoms with E-state index in [0.29, 0.717) is 6.42 Å². The van der Waals surface area contributed by atoms with Crippen LogP contribution < -0.4 is 0 Å². The molecule has 0 unspecified atom stereocenters. The number of hydrogen-bond donors (Lipinski definition) is 0. The maximum absolute atomic E-state index is 11.7. The van der Waals surface area contributed by atoms with E-state index in [1.54, 1.807) is 18.1 Å². The predicted octanol–water partition coefficient (Wildman–Crippen LogP) is 1.17. The second-order valence-corrected chi connectivity index (χ2v) is 4.45. The molecule has 0 N–H and O–H groups in total. The van der Waals surface area contributed by atoms with E-state index >= 15 is 0 Å². The molecule has 1 aromatic rings. The van der Waals surface area contributed by atoms with Crippen LogP contribution in [0.25, 0.3) is 0 Å². The molecule has 0 aromatic carbocycles. The lowest BCUT2D eigenvalue weighted by Gasteiger charge is -2.18. The number of nitrogens with zero attached hydrogens (tertiary/aromatic N) is 4. The Morgan fingerprint density at radius 1 is 1.50 bits per heavy atom. The molecular weight excluding hydrogens is 224 g/mol. The van der Waals surface area contributed by atoms with Crippen LogP contribution in [0.3, 0.4) is 0 Å². The van der Waals surface area contributed by atoms with Crippen LogP contribution in [0.2, 0.25) is 0 Å². The lowest BCUT2D eigenvalue weighted by Crippen LogP contribution is -2.30. The number of hydrogen-bond acceptors (Lipinski definition) is 4. The van der Waals surface area contributed by atoms with Gasteiger partial charge in [0.2, 0.25) is 5.91 Å². The van der Waals surface area contributed by atoms with Gasteiger partial charge in [-0.15, -0.1) is 10.2 Å². The van der Waals surface area contributed by atoms with Crippen molar-refractivity contribution in [1.82, 2.24) is 19.7 Å². The number of rotatable bonds is 6. The van der Waals surface area contributed by atoms with Crippen molar-refractivity contribution in [3.63, 3.8) is 0 Å². The number of carbonyl (C=O) groups is 1. The Bertz CT molecular complexity index is 335. The molecule has 1 rings (SSSR count). The first-order valence-electron chi connectivity index (χ1n) is 5.43. The Labute approximate surface area is 100 Å². The highest BCUT2D eigenvalue weighted by molar-refractivity contribution is 7.99. The molecule has 0 fully saturated rings. The molecule has 16 heavy (non-hydrogen) atoms. The summed E-state index contributed by atoms with van der Waals surface area (Å²) < 4.78 is 1.85. The van der Waals surface area contributed by atoms with Gasteiger partial charge in [0, 0.05) is 32.3 Å². The van der Waals surface area contributed by atoms with E-state index in [-0.39, 0.29) is 5.91 Å². The molecule has 6 heteroatoms. The molecule has 0 bridgehead atoms. The SMILES string of the molecule is CCN(CC)C(=O)CCSc1nncn1C. The van der Waals surface area contributed by atoms with E-state index in [2.05, 4.69) is 10.2 Å². The molecule has 0 aliphatic heterocycles. The van der Waals surface area contributed by atoms with Gasteiger partial charge < -0.3 is 9.47 Å². The average Bonchev–Trinajstić information content (AvgIpc) is 2.66. The quantitative estimate of drug-likeness (QED) is 0.703. The normalized spacial score (nSPS) is 10.4. The zero-order valence-electron chi connectivity index (χ0n) is 10.0. The van der Waals surface area contributed by atoms with Crippen molar-refractivity contribution in [2.24, 2.45) is 7.05 Å². The molecular formula is C10H18N4OS. The van der Waals surface area contributed by atoms with Crippen molar-refractivity contribution in [3.05, 3.63) is 6.33 Å². The van der Waals surface area contributed by atoms with Gasteiger partial charge in [-0.1, -0.05) is 11.8 Å². The zero-order chi connectivity index (χ0) is 12.0. The van der Waals surface area contributed by atoms with Crippen molar-refractivity contribution in [3.8, 4) is 0 Å². The van der Waals surface area contributed by atoms with Gasteiger partial charge in [-0.25, -0.2) is 0 Å². The van der Waals surface area contributed by atoms with Gasteiger partial charge >= 0.3 is 0 Å². The zero-order valence-corrected chi connectivity index (χ0v) is 10.8. The molecule has 0 aliphatic rings. The molecule has 5 nitrogen and oxygen atoms in total. The van der Waals surface area contributed by atoms with Crippen molar-refractivity contribution in [1.29, 1.82) is 0 Å². The van der Waals surface area contributed by atoms with E-state index in [4.69, 9.17) is 0 Å². The minimum Gasteiger partial charge on any atom is -0.343 e. The predicted molar refractivity (Wildman–Crippen MR) is 64.3 cm³/mol. The smallest absolute Gasteiger partial charge is 0.223 e. The molecule has 1 heterocycles. The summed E-state index contributed by atoms with van der Waals surface area (Å²) in [6.07, 6.45) is 2.22. The fourth-order valence-electron chi connectivity index (χ4n) is 1.37. The highest BCUT2D eigenvalue weighted by Gasteiger charge is 2.10. The lowest BCUT2D eigenvalue weighted by atomic mass is 10.4. The summed E-state index contributed by atoms with van der Waals surface area (Å²) in [5.41, 5.74) is 0. The maximum Gasteiger partial charge on any atom is 0.223 e. The average molecular weight is 242 g/mol. The van der Waals surface area contributed by atoms with Gasteiger partial charge in [-0.3, -0.25) is 4.79 Å². The summed E-state index contributed by atoms with van der Waals surface area (Å²) in [6, 6.07) is 0. The third kappa shape index (κ3) is 3.52. The highest BCUT2D eigenvalue weighted by Crippen LogP contribution is 2.14. The molecule has 90 valence electrons. The second-order valence-electron chi connectivity index (χ2n) is 3.39. The molecule has 1 amide bonds. The number of carbonyl (C=O) groups excluding carboxylic acids is 1. The first-order chi connectivity index (χ1) is 7.69. The van der Waals surface area contributed by atoms with Crippen LogP contribution in [0, 0.1) is 0 Å². The molecule has 0 radical (unpaired) electrons. The van der Waals surface area contributed by atoms with Gasteiger partial charge in [-0.2, -0.15) is 0 Å². The van der Waals surface area contributed by atoms with Crippen molar-refractivity contribution >= 4 is 17.7 Å². The molecule has 0 atom stereocenters. The fourth-order valence-corrected chi connectivity index (χ4v) is 2.18. The van der Waals surface area contributed by atoms with Crippen LogP contribution in [0.4, 0.5) is 0 Å². The van der Waals surface area contributed by atoms with Crippen LogP contribution in [0.15, 0.2) is 11.5 Å². The third-order valence-electron chi connectivity index (χ3n) is 2.33. The van der Waals surface area contributed by atoms with Gasteiger partial charge in [-0.05, 0) is 13.8 Å². The molecule has 0 aliphatic carbocycles. The number of thioether (sulfide) groups is 1. The van der Waals surface area contributed by atoms with Crippen LogP contribution in [0.1, 0.15) is 20.3 Å². The van der Waals surface area contributed by atoms with E-state index in [1.807, 2.05) is 30.4 Å². The van der Waals surface area contributed by atoms with Crippen molar-refractivity contribution in [2.45, 2.75) is 25.4 Å². The molecule has 1 aromatic heterocycles. The standard InChI is InChI=1S/C10H18N4OS/c1-4-14(5-2)9(15)6-7-16-10-12-11-8-13(10)3/h8H,4-7H2,1-3H3. The first kappa shape index (κ1) is 13.0. The maximum atomic E-state index is 11.7. The highest BCUT2D eigenvalue weighted by atomic mass is 32.2. The lowest BCUT2D eigenvalue weighted by molar-refractivity contribution is -0.130. The van der Waals surface area contributed by atoms with E-state index in [9.17, 15) is 4.79 Å². The van der Waals surface area contributed by atoms with E-state index < -0.39 is 0 Å². The summed E-state index contributed by atoms with van der Waals surface area (Å²) in [5, 5.41) is 8.59. The van der Waals surface area contributed by atoms with Crippen LogP contribution in [0.5, 0.6) is 0 Å². The van der Waals surface area contributed by atoms with E-state index in [1.165, 1.54) is 0 Å². The molecule has 0 spiro atoms. The topological polar surface area (TPSA) is 51.0 Å². The van der Waals surface area contributed by atoms with Crippen LogP contribution in [-0.2, 0) is 11.8 Å². The largest absolute Gasteiger partial charge is 0.343 e. The van der Waals surface area contributed by atoms with E-state index in [0.717, 1.165) is 24.0 Å². The Hall–Kier alpha value is -1.04. The molecule has 0 saturated heterocycles. The Morgan fingerprint density at radius 2 is 2.19 bits per heavy atom. The Kier molecular flexibility index (Phi) is 5.31. The second kappa shape index (κ2) is 6.52. The van der Waals surface area contributed by atoms with Gasteiger partial charge in [0.05, 0.1) is 0 Å². The Morgan fingerprint density at radius 3 is 2.69 bits per heavy atom. The summed E-state index contributed by atoms with van der Waals surface area (Å²) in [5.74, 6) is 0.960. The summed E-state index contributed by atoms with van der Waals surface area (Å²) >= 11 is 1.56. The summed E-state index contributed by atoms with van der Waals surface area (Å²) in [7, 11) is 1.90. The van der Waals surface area contributed by atoms with Gasteiger partial charge in [0.1, 0.15) is 6.33 Å². The minimum absolute atomic E-state index is 0.208. The van der Waals surface area contributed by atoms with Crippen molar-refractivity contribution < 1.29 is 4.79 Å². The third-order valence-corrected chi connectivity index (χ3v) is 3.37. The van der Waals surface area contributed by atoms with Crippen LogP contribution in [-0.4, -0.2) is 44.4 Å². The van der Waals surface area contributed by atoms with Gasteiger partial charge in [0.25, 0.3) is 0 Å². The number of amides is 1. The number of aromatic nitrogens is 3. The summed E-state index contributed by atoms with van der Waals surface area (Å²) in [4.78, 5) is 13.5. The fraction of sp³-hybridized carbons (Fsp3) is 0.700.